The van der Waals surface area contributed by atoms with Gasteiger partial charge in [-0.2, -0.15) is 0 Å². The van der Waals surface area contributed by atoms with Gasteiger partial charge in [0.2, 0.25) is 0 Å². The van der Waals surface area contributed by atoms with Crippen LogP contribution in [0.1, 0.15) is 56.7 Å². The van der Waals surface area contributed by atoms with Gasteiger partial charge >= 0.3 is 0 Å². The maximum Gasteiger partial charge on any atom is 0.0468 e. The normalized spacial score (nSPS) is 11.9. The van der Waals surface area contributed by atoms with Crippen molar-refractivity contribution in [3.63, 3.8) is 0 Å². The number of anilines is 1. The van der Waals surface area contributed by atoms with Gasteiger partial charge in [0, 0.05) is 12.7 Å². The van der Waals surface area contributed by atoms with Crippen LogP contribution < -0.4 is 4.90 Å². The van der Waals surface area contributed by atoms with E-state index in [2.05, 4.69) is 71.9 Å². The van der Waals surface area contributed by atoms with Crippen LogP contribution in [-0.2, 0) is 0 Å². The topological polar surface area (TPSA) is 3.24 Å². The van der Waals surface area contributed by atoms with Gasteiger partial charge in [-0.1, -0.05) is 51.1 Å². The minimum Gasteiger partial charge on any atom is -0.351 e. The molecule has 1 rings (SSSR count). The molecule has 1 aromatic rings. The average Bonchev–Trinajstić information content (AvgIpc) is 2.47. The number of benzene rings is 1. The first-order valence-electron chi connectivity index (χ1n) is 8.22. The molecule has 1 aromatic carbocycles. The Bertz CT molecular complexity index is 590. The lowest BCUT2D eigenvalue weighted by Gasteiger charge is -2.23. The van der Waals surface area contributed by atoms with Gasteiger partial charge in [-0.3, -0.25) is 0 Å². The van der Waals surface area contributed by atoms with Crippen molar-refractivity contribution in [1.82, 2.24) is 0 Å². The first-order chi connectivity index (χ1) is 10.4. The van der Waals surface area contributed by atoms with Gasteiger partial charge in [-0.15, -0.1) is 0 Å². The highest BCUT2D eigenvalue weighted by Crippen LogP contribution is 2.34. The summed E-state index contributed by atoms with van der Waals surface area (Å²) in [6.07, 6.45) is 5.12. The van der Waals surface area contributed by atoms with Crippen molar-refractivity contribution >= 4 is 11.3 Å². The quantitative estimate of drug-likeness (QED) is 0.525. The lowest BCUT2D eigenvalue weighted by molar-refractivity contribution is 0.898. The zero-order valence-corrected chi connectivity index (χ0v) is 15.2. The predicted octanol–water partition coefficient (Wildman–Crippen LogP) is 6.42. The van der Waals surface area contributed by atoms with Gasteiger partial charge in [0.15, 0.2) is 0 Å². The van der Waals surface area contributed by atoms with Crippen molar-refractivity contribution in [1.29, 1.82) is 0 Å². The van der Waals surface area contributed by atoms with Gasteiger partial charge in [-0.05, 0) is 67.6 Å². The second-order valence-electron chi connectivity index (χ2n) is 6.01. The van der Waals surface area contributed by atoms with Crippen molar-refractivity contribution in [2.24, 2.45) is 0 Å². The highest BCUT2D eigenvalue weighted by molar-refractivity contribution is 5.78. The lowest BCUT2D eigenvalue weighted by Crippen LogP contribution is -2.11. The van der Waals surface area contributed by atoms with E-state index in [-0.39, 0.29) is 0 Å². The Hall–Kier alpha value is -1.76. The van der Waals surface area contributed by atoms with Crippen LogP contribution in [0.3, 0.4) is 0 Å². The summed E-state index contributed by atoms with van der Waals surface area (Å²) in [4.78, 5) is 2.11. The number of hydrogen-bond donors (Lipinski definition) is 0. The summed E-state index contributed by atoms with van der Waals surface area (Å²) in [6, 6.07) is 4.45. The maximum absolute atomic E-state index is 4.30. The van der Waals surface area contributed by atoms with E-state index in [1.54, 1.807) is 0 Å². The van der Waals surface area contributed by atoms with Crippen LogP contribution in [-0.4, -0.2) is 7.05 Å². The summed E-state index contributed by atoms with van der Waals surface area (Å²) in [5, 5.41) is 0. The molecule has 0 aliphatic heterocycles. The van der Waals surface area contributed by atoms with Crippen molar-refractivity contribution in [3.8, 4) is 0 Å². The molecule has 0 atom stereocenters. The standard InChI is InChI=1S/C21H31N/c1-9-12-15(4)19(10-2)17(6)20-14-13-16(5)21(18(20)7)22(8)11-3/h11,13-14H,3-4,9-10,12H2,1-2,5-8H3/b19-17+. The summed E-state index contributed by atoms with van der Waals surface area (Å²) >= 11 is 0. The molecule has 0 aromatic heterocycles. The molecular weight excluding hydrogens is 266 g/mol. The van der Waals surface area contributed by atoms with Crippen molar-refractivity contribution < 1.29 is 0 Å². The number of hydrogen-bond acceptors (Lipinski definition) is 1. The first-order valence-corrected chi connectivity index (χ1v) is 8.22. The molecule has 0 saturated carbocycles. The molecule has 22 heavy (non-hydrogen) atoms. The number of rotatable bonds is 7. The zero-order chi connectivity index (χ0) is 16.9. The number of aryl methyl sites for hydroxylation is 1. The summed E-state index contributed by atoms with van der Waals surface area (Å²) in [5.74, 6) is 0. The molecule has 120 valence electrons. The third kappa shape index (κ3) is 3.71. The minimum absolute atomic E-state index is 1.03. The summed E-state index contributed by atoms with van der Waals surface area (Å²) < 4.78 is 0. The van der Waals surface area contributed by atoms with E-state index >= 15 is 0 Å². The molecule has 0 fully saturated rings. The second kappa shape index (κ2) is 8.03. The van der Waals surface area contributed by atoms with Crippen LogP contribution in [0.4, 0.5) is 5.69 Å². The molecule has 0 bridgehead atoms. The van der Waals surface area contributed by atoms with Gasteiger partial charge < -0.3 is 4.90 Å². The van der Waals surface area contributed by atoms with Gasteiger partial charge in [0.1, 0.15) is 0 Å². The number of allylic oxidation sites excluding steroid dienone is 3. The van der Waals surface area contributed by atoms with E-state index in [4.69, 9.17) is 0 Å². The molecule has 0 spiro atoms. The zero-order valence-electron chi connectivity index (χ0n) is 15.2. The molecule has 0 heterocycles. The molecule has 0 aliphatic rings. The van der Waals surface area contributed by atoms with Gasteiger partial charge in [0.05, 0.1) is 0 Å². The van der Waals surface area contributed by atoms with Crippen LogP contribution in [0.5, 0.6) is 0 Å². The van der Waals surface area contributed by atoms with E-state index in [1.165, 1.54) is 39.1 Å². The molecule has 1 nitrogen and oxygen atoms in total. The first kappa shape index (κ1) is 18.3. The molecular formula is C21H31N. The Morgan fingerprint density at radius 2 is 1.86 bits per heavy atom. The molecule has 1 heteroatoms. The fraction of sp³-hybridized carbons (Fsp3) is 0.429. The third-order valence-corrected chi connectivity index (χ3v) is 4.45. The molecule has 0 amide bonds. The van der Waals surface area contributed by atoms with Crippen molar-refractivity contribution in [3.05, 3.63) is 59.3 Å². The lowest BCUT2D eigenvalue weighted by atomic mass is 9.89. The SMILES string of the molecule is C=CN(C)c1c(C)ccc(/C(C)=C(\CC)C(=C)CCC)c1C. The minimum atomic E-state index is 1.03. The highest BCUT2D eigenvalue weighted by atomic mass is 15.1. The van der Waals surface area contributed by atoms with Crippen molar-refractivity contribution in [2.45, 2.75) is 53.9 Å². The van der Waals surface area contributed by atoms with E-state index in [9.17, 15) is 0 Å². The van der Waals surface area contributed by atoms with E-state index in [1.807, 2.05) is 6.20 Å². The van der Waals surface area contributed by atoms with Crippen molar-refractivity contribution in [2.75, 3.05) is 11.9 Å². The van der Waals surface area contributed by atoms with Crippen LogP contribution in [0.2, 0.25) is 0 Å². The maximum atomic E-state index is 4.30. The Kier molecular flexibility index (Phi) is 6.67. The van der Waals surface area contributed by atoms with Crippen LogP contribution in [0, 0.1) is 13.8 Å². The Labute approximate surface area is 137 Å². The van der Waals surface area contributed by atoms with Gasteiger partial charge in [-0.25, -0.2) is 0 Å². The fourth-order valence-corrected chi connectivity index (χ4v) is 3.27. The second-order valence-corrected chi connectivity index (χ2v) is 6.01. The molecule has 0 saturated heterocycles. The van der Waals surface area contributed by atoms with E-state index in [0.29, 0.717) is 0 Å². The summed E-state index contributed by atoms with van der Waals surface area (Å²) in [6.45, 7) is 19.2. The Balaban J connectivity index is 3.48. The molecule has 0 unspecified atom stereocenters. The number of nitrogens with zero attached hydrogens (tertiary/aromatic N) is 1. The monoisotopic (exact) mass is 297 g/mol. The smallest absolute Gasteiger partial charge is 0.0468 e. The Morgan fingerprint density at radius 1 is 1.23 bits per heavy atom. The van der Waals surface area contributed by atoms with E-state index in [0.717, 1.165) is 19.3 Å². The van der Waals surface area contributed by atoms with Crippen LogP contribution in [0.15, 0.2) is 42.6 Å². The predicted molar refractivity (Wildman–Crippen MR) is 101 cm³/mol. The molecule has 0 N–H and O–H groups in total. The third-order valence-electron chi connectivity index (χ3n) is 4.45. The molecule has 0 aliphatic carbocycles. The average molecular weight is 297 g/mol. The van der Waals surface area contributed by atoms with Gasteiger partial charge in [0.25, 0.3) is 0 Å². The fourth-order valence-electron chi connectivity index (χ4n) is 3.27. The Morgan fingerprint density at radius 3 is 2.36 bits per heavy atom. The summed E-state index contributed by atoms with van der Waals surface area (Å²) in [5.41, 5.74) is 9.21. The van der Waals surface area contributed by atoms with Crippen LogP contribution in [0.25, 0.3) is 5.57 Å². The highest BCUT2D eigenvalue weighted by Gasteiger charge is 2.14. The largest absolute Gasteiger partial charge is 0.351 e. The summed E-state index contributed by atoms with van der Waals surface area (Å²) in [7, 11) is 2.06. The molecule has 0 radical (unpaired) electrons. The van der Waals surface area contributed by atoms with E-state index < -0.39 is 0 Å². The van der Waals surface area contributed by atoms with Crippen LogP contribution >= 0.6 is 0 Å².